The molecule has 0 heterocycles. The fourth-order valence-electron chi connectivity index (χ4n) is 0.577. The number of hydrogen-bond acceptors (Lipinski definition) is 3. The van der Waals surface area contributed by atoms with Crippen molar-refractivity contribution in [2.24, 2.45) is 0 Å². The molecule has 0 aromatic carbocycles. The number of aliphatic hydroxyl groups excluding tert-OH is 1. The third-order valence-electron chi connectivity index (χ3n) is 1.37. The smallest absolute Gasteiger partial charge is 0.303 e. The van der Waals surface area contributed by atoms with Crippen molar-refractivity contribution in [2.75, 3.05) is 0 Å². The first-order valence-electron chi connectivity index (χ1n) is 4.62. The summed E-state index contributed by atoms with van der Waals surface area (Å²) in [6, 6.07) is 0. The van der Waals surface area contributed by atoms with Gasteiger partial charge in [0.1, 0.15) is 0 Å². The molecular formula is C9H20O4. The van der Waals surface area contributed by atoms with Gasteiger partial charge in [0.2, 0.25) is 0 Å². The Morgan fingerprint density at radius 1 is 1.23 bits per heavy atom. The lowest BCUT2D eigenvalue weighted by atomic mass is 10.2. The van der Waals surface area contributed by atoms with Crippen molar-refractivity contribution >= 4 is 5.97 Å². The van der Waals surface area contributed by atoms with Crippen LogP contribution in [0.1, 0.15) is 46.0 Å². The summed E-state index contributed by atoms with van der Waals surface area (Å²) >= 11 is 0. The van der Waals surface area contributed by atoms with Gasteiger partial charge in [-0.3, -0.25) is 4.79 Å². The number of unbranched alkanes of at least 4 members (excludes halogenated alkanes) is 2. The molecule has 4 nitrogen and oxygen atoms in total. The quantitative estimate of drug-likeness (QED) is 0.454. The molecule has 0 amide bonds. The maximum atomic E-state index is 9.37. The molecular weight excluding hydrogens is 172 g/mol. The molecule has 0 aliphatic heterocycles. The predicted octanol–water partition coefficient (Wildman–Crippen LogP) is 1.36. The minimum atomic E-state index is -1.10. The van der Waals surface area contributed by atoms with Gasteiger partial charge in [-0.2, -0.15) is 0 Å². The lowest BCUT2D eigenvalue weighted by Crippen LogP contribution is -2.02. The van der Waals surface area contributed by atoms with Gasteiger partial charge in [0, 0.05) is 6.42 Å². The van der Waals surface area contributed by atoms with E-state index >= 15 is 0 Å². The van der Waals surface area contributed by atoms with Gasteiger partial charge in [-0.05, 0) is 12.8 Å². The SMILES string of the molecule is CCC(=O)O.CCCCCC(O)O. The first kappa shape index (κ1) is 14.9. The maximum absolute atomic E-state index is 9.37. The van der Waals surface area contributed by atoms with Crippen LogP contribution in [0, 0.1) is 0 Å². The van der Waals surface area contributed by atoms with Gasteiger partial charge in [-0.1, -0.05) is 26.7 Å². The van der Waals surface area contributed by atoms with Gasteiger partial charge < -0.3 is 15.3 Å². The molecule has 0 aromatic rings. The number of hydrogen-bond donors (Lipinski definition) is 3. The molecule has 0 aromatic heterocycles. The number of carbonyl (C=O) groups is 1. The molecule has 0 fully saturated rings. The zero-order valence-electron chi connectivity index (χ0n) is 8.36. The Morgan fingerprint density at radius 3 is 1.92 bits per heavy atom. The summed E-state index contributed by atoms with van der Waals surface area (Å²) in [5.74, 6) is -0.745. The number of rotatable bonds is 5. The second-order valence-corrected chi connectivity index (χ2v) is 2.72. The van der Waals surface area contributed by atoms with Crippen LogP contribution in [0.2, 0.25) is 0 Å². The third kappa shape index (κ3) is 24.6. The van der Waals surface area contributed by atoms with Crippen LogP contribution in [0.4, 0.5) is 0 Å². The third-order valence-corrected chi connectivity index (χ3v) is 1.37. The zero-order valence-corrected chi connectivity index (χ0v) is 8.36. The van der Waals surface area contributed by atoms with Crippen LogP contribution in [0.15, 0.2) is 0 Å². The van der Waals surface area contributed by atoms with E-state index in [0.717, 1.165) is 19.3 Å². The molecule has 0 saturated carbocycles. The Morgan fingerprint density at radius 2 is 1.69 bits per heavy atom. The largest absolute Gasteiger partial charge is 0.481 e. The van der Waals surface area contributed by atoms with E-state index in [-0.39, 0.29) is 6.42 Å². The molecule has 0 atom stereocenters. The van der Waals surface area contributed by atoms with Crippen molar-refractivity contribution in [1.82, 2.24) is 0 Å². The highest BCUT2D eigenvalue weighted by Crippen LogP contribution is 1.99. The van der Waals surface area contributed by atoms with E-state index in [9.17, 15) is 4.79 Å². The van der Waals surface area contributed by atoms with Crippen molar-refractivity contribution in [2.45, 2.75) is 52.2 Å². The first-order chi connectivity index (χ1) is 6.04. The lowest BCUT2D eigenvalue weighted by Gasteiger charge is -1.99. The molecule has 0 saturated heterocycles. The van der Waals surface area contributed by atoms with Crippen LogP contribution in [-0.4, -0.2) is 27.6 Å². The highest BCUT2D eigenvalue weighted by atomic mass is 16.5. The van der Waals surface area contributed by atoms with Crippen LogP contribution in [-0.2, 0) is 4.79 Å². The summed E-state index contributed by atoms with van der Waals surface area (Å²) < 4.78 is 0. The minimum absolute atomic E-state index is 0.222. The van der Waals surface area contributed by atoms with Gasteiger partial charge in [-0.15, -0.1) is 0 Å². The Balaban J connectivity index is 0. The van der Waals surface area contributed by atoms with E-state index in [1.807, 2.05) is 0 Å². The monoisotopic (exact) mass is 192 g/mol. The summed E-state index contributed by atoms with van der Waals surface area (Å²) in [7, 11) is 0. The van der Waals surface area contributed by atoms with Gasteiger partial charge in [0.15, 0.2) is 6.29 Å². The minimum Gasteiger partial charge on any atom is -0.481 e. The molecule has 0 bridgehead atoms. The Kier molecular flexibility index (Phi) is 13.0. The molecule has 0 aliphatic carbocycles. The van der Waals surface area contributed by atoms with E-state index in [1.54, 1.807) is 6.92 Å². The van der Waals surface area contributed by atoms with Crippen molar-refractivity contribution in [3.05, 3.63) is 0 Å². The first-order valence-corrected chi connectivity index (χ1v) is 4.62. The summed E-state index contributed by atoms with van der Waals surface area (Å²) in [5.41, 5.74) is 0. The molecule has 0 radical (unpaired) electrons. The Bertz CT molecular complexity index is 112. The van der Waals surface area contributed by atoms with Crippen LogP contribution in [0.3, 0.4) is 0 Å². The van der Waals surface area contributed by atoms with Crippen molar-refractivity contribution in [1.29, 1.82) is 0 Å². The molecule has 3 N–H and O–H groups in total. The van der Waals surface area contributed by atoms with E-state index in [0.29, 0.717) is 6.42 Å². The highest BCUT2D eigenvalue weighted by molar-refractivity contribution is 5.66. The summed E-state index contributed by atoms with van der Waals surface area (Å²) in [6.45, 7) is 3.69. The zero-order chi connectivity index (χ0) is 10.7. The maximum Gasteiger partial charge on any atom is 0.303 e. The fourth-order valence-corrected chi connectivity index (χ4v) is 0.577. The van der Waals surface area contributed by atoms with Gasteiger partial charge in [0.05, 0.1) is 0 Å². The standard InChI is InChI=1S/C6H14O2.C3H6O2/c1-2-3-4-5-6(7)8;1-2-3(4)5/h6-8H,2-5H2,1H3;2H2,1H3,(H,4,5). The second-order valence-electron chi connectivity index (χ2n) is 2.72. The van der Waals surface area contributed by atoms with Gasteiger partial charge in [0.25, 0.3) is 0 Å². The van der Waals surface area contributed by atoms with Gasteiger partial charge in [-0.25, -0.2) is 0 Å². The molecule has 0 aliphatic rings. The van der Waals surface area contributed by atoms with Crippen molar-refractivity contribution < 1.29 is 20.1 Å². The van der Waals surface area contributed by atoms with E-state index in [1.165, 1.54) is 0 Å². The number of aliphatic carboxylic acids is 1. The van der Waals surface area contributed by atoms with Crippen LogP contribution < -0.4 is 0 Å². The summed E-state index contributed by atoms with van der Waals surface area (Å²) in [6.07, 6.45) is 2.80. The average Bonchev–Trinajstić information content (AvgIpc) is 2.05. The fraction of sp³-hybridized carbons (Fsp3) is 0.889. The van der Waals surface area contributed by atoms with Crippen LogP contribution in [0.25, 0.3) is 0 Å². The highest BCUT2D eigenvalue weighted by Gasteiger charge is 1.93. The Labute approximate surface area is 79.2 Å². The molecule has 0 rings (SSSR count). The van der Waals surface area contributed by atoms with E-state index < -0.39 is 12.3 Å². The normalized spacial score (nSPS) is 9.31. The predicted molar refractivity (Wildman–Crippen MR) is 50.3 cm³/mol. The summed E-state index contributed by atoms with van der Waals surface area (Å²) in [4.78, 5) is 9.37. The molecule has 0 spiro atoms. The number of carboxylic acid groups (broad SMARTS) is 1. The van der Waals surface area contributed by atoms with E-state index in [2.05, 4.69) is 6.92 Å². The molecule has 80 valence electrons. The van der Waals surface area contributed by atoms with Crippen LogP contribution >= 0.6 is 0 Å². The topological polar surface area (TPSA) is 77.8 Å². The molecule has 0 unspecified atom stereocenters. The number of carboxylic acids is 1. The molecule has 4 heteroatoms. The van der Waals surface area contributed by atoms with Crippen molar-refractivity contribution in [3.8, 4) is 0 Å². The Hall–Kier alpha value is -0.610. The van der Waals surface area contributed by atoms with Gasteiger partial charge >= 0.3 is 5.97 Å². The summed E-state index contributed by atoms with van der Waals surface area (Å²) in [5, 5.41) is 24.4. The van der Waals surface area contributed by atoms with Crippen molar-refractivity contribution in [3.63, 3.8) is 0 Å². The second kappa shape index (κ2) is 11.4. The number of aliphatic hydroxyl groups is 2. The average molecular weight is 192 g/mol. The van der Waals surface area contributed by atoms with E-state index in [4.69, 9.17) is 15.3 Å². The molecule has 13 heavy (non-hydrogen) atoms. The van der Waals surface area contributed by atoms with Crippen LogP contribution in [0.5, 0.6) is 0 Å². The lowest BCUT2D eigenvalue weighted by molar-refractivity contribution is -0.136.